The van der Waals surface area contributed by atoms with E-state index in [4.69, 9.17) is 0 Å². The smallest absolute Gasteiger partial charge is 0.0543 e. The molecule has 4 rings (SSSR count). The summed E-state index contributed by atoms with van der Waals surface area (Å²) in [6.45, 7) is 0. The molecular weight excluding hydrogens is 309 g/mol. The Morgan fingerprint density at radius 1 is 0.625 bits per heavy atom. The Hall–Kier alpha value is -2.63. The third-order valence-electron chi connectivity index (χ3n) is 4.23. The second kappa shape index (κ2) is 6.47. The first-order chi connectivity index (χ1) is 11.8. The summed E-state index contributed by atoms with van der Waals surface area (Å²) in [5.41, 5.74) is 4.68. The van der Waals surface area contributed by atoms with E-state index in [1.807, 2.05) is 0 Å². The summed E-state index contributed by atoms with van der Waals surface area (Å²) in [6.07, 6.45) is 0. The number of hydrogen-bond acceptors (Lipinski definition) is 1. The van der Waals surface area contributed by atoms with Gasteiger partial charge in [0.05, 0.1) is 5.69 Å². The average molecular weight is 327 g/mol. The van der Waals surface area contributed by atoms with Crippen LogP contribution >= 0.6 is 9.24 Å². The van der Waals surface area contributed by atoms with Gasteiger partial charge in [0.2, 0.25) is 0 Å². The molecule has 1 unspecified atom stereocenters. The molecule has 4 aromatic carbocycles. The van der Waals surface area contributed by atoms with Gasteiger partial charge in [-0.3, -0.25) is 0 Å². The molecule has 0 amide bonds. The molecule has 4 aromatic rings. The molecule has 0 radical (unpaired) electrons. The topological polar surface area (TPSA) is 12.0 Å². The zero-order chi connectivity index (χ0) is 16.4. The summed E-state index contributed by atoms with van der Waals surface area (Å²) in [7, 11) is 2.80. The zero-order valence-corrected chi connectivity index (χ0v) is 14.4. The molecule has 0 aromatic heterocycles. The Morgan fingerprint density at radius 3 is 2.17 bits per heavy atom. The van der Waals surface area contributed by atoms with Crippen LogP contribution in [0.2, 0.25) is 0 Å². The quantitative estimate of drug-likeness (QED) is 0.472. The first-order valence-electron chi connectivity index (χ1n) is 8.01. The molecular formula is C22H18NP. The van der Waals surface area contributed by atoms with Crippen molar-refractivity contribution in [1.29, 1.82) is 0 Å². The van der Waals surface area contributed by atoms with Crippen LogP contribution in [0.3, 0.4) is 0 Å². The molecule has 116 valence electrons. The van der Waals surface area contributed by atoms with Crippen LogP contribution in [0.4, 0.5) is 11.4 Å². The lowest BCUT2D eigenvalue weighted by atomic mass is 9.98. The van der Waals surface area contributed by atoms with Gasteiger partial charge in [-0.1, -0.05) is 84.9 Å². The van der Waals surface area contributed by atoms with Gasteiger partial charge in [0.25, 0.3) is 0 Å². The molecule has 0 aliphatic carbocycles. The Bertz CT molecular complexity index is 993. The molecule has 2 heteroatoms. The van der Waals surface area contributed by atoms with Crippen LogP contribution in [0.5, 0.6) is 0 Å². The third kappa shape index (κ3) is 2.79. The summed E-state index contributed by atoms with van der Waals surface area (Å²) in [5.74, 6) is 0. The van der Waals surface area contributed by atoms with E-state index >= 15 is 0 Å². The Labute approximate surface area is 144 Å². The predicted octanol–water partition coefficient (Wildman–Crippen LogP) is 5.75. The monoisotopic (exact) mass is 327 g/mol. The maximum absolute atomic E-state index is 3.66. The van der Waals surface area contributed by atoms with E-state index in [1.54, 1.807) is 0 Å². The van der Waals surface area contributed by atoms with Crippen molar-refractivity contribution in [3.05, 3.63) is 91.0 Å². The van der Waals surface area contributed by atoms with Crippen LogP contribution in [0, 0.1) is 0 Å². The van der Waals surface area contributed by atoms with Crippen molar-refractivity contribution in [2.45, 2.75) is 0 Å². The number of anilines is 2. The van der Waals surface area contributed by atoms with E-state index in [0.29, 0.717) is 0 Å². The number of para-hydroxylation sites is 1. The second-order valence-corrected chi connectivity index (χ2v) is 6.41. The highest BCUT2D eigenvalue weighted by molar-refractivity contribution is 7.28. The normalized spacial score (nSPS) is 10.7. The van der Waals surface area contributed by atoms with Crippen molar-refractivity contribution in [3.63, 3.8) is 0 Å². The average Bonchev–Trinajstić information content (AvgIpc) is 2.64. The fourth-order valence-electron chi connectivity index (χ4n) is 3.01. The number of fused-ring (bicyclic) bond motifs is 1. The number of rotatable bonds is 3. The molecule has 0 aliphatic rings. The van der Waals surface area contributed by atoms with Crippen LogP contribution in [-0.4, -0.2) is 0 Å². The maximum atomic E-state index is 3.66. The van der Waals surface area contributed by atoms with Crippen molar-refractivity contribution in [1.82, 2.24) is 0 Å². The molecule has 24 heavy (non-hydrogen) atoms. The minimum Gasteiger partial charge on any atom is -0.354 e. The van der Waals surface area contributed by atoms with E-state index in [0.717, 1.165) is 16.7 Å². The summed E-state index contributed by atoms with van der Waals surface area (Å²) < 4.78 is 0. The summed E-state index contributed by atoms with van der Waals surface area (Å²) in [6, 6.07) is 31.7. The van der Waals surface area contributed by atoms with Gasteiger partial charge in [0.15, 0.2) is 0 Å². The lowest BCUT2D eigenvalue weighted by Crippen LogP contribution is -2.03. The minimum absolute atomic E-state index is 1.11. The first kappa shape index (κ1) is 14.9. The van der Waals surface area contributed by atoms with Crippen molar-refractivity contribution < 1.29 is 0 Å². The van der Waals surface area contributed by atoms with E-state index in [2.05, 4.69) is 106 Å². The van der Waals surface area contributed by atoms with Gasteiger partial charge in [-0.05, 0) is 22.3 Å². The van der Waals surface area contributed by atoms with Gasteiger partial charge < -0.3 is 5.32 Å². The summed E-state index contributed by atoms with van der Waals surface area (Å²) in [5, 5.41) is 7.28. The van der Waals surface area contributed by atoms with Crippen LogP contribution in [0.25, 0.3) is 21.9 Å². The van der Waals surface area contributed by atoms with Gasteiger partial charge in [0.1, 0.15) is 0 Å². The van der Waals surface area contributed by atoms with E-state index in [1.165, 1.54) is 21.9 Å². The number of nitrogens with one attached hydrogen (secondary N) is 1. The van der Waals surface area contributed by atoms with Crippen LogP contribution < -0.4 is 10.6 Å². The lowest BCUT2D eigenvalue weighted by molar-refractivity contribution is 1.58. The maximum Gasteiger partial charge on any atom is 0.0543 e. The largest absolute Gasteiger partial charge is 0.354 e. The fourth-order valence-corrected chi connectivity index (χ4v) is 3.29. The summed E-state index contributed by atoms with van der Waals surface area (Å²) >= 11 is 0. The highest BCUT2D eigenvalue weighted by atomic mass is 31.0. The molecule has 1 N–H and O–H groups in total. The zero-order valence-electron chi connectivity index (χ0n) is 13.2. The predicted molar refractivity (Wildman–Crippen MR) is 108 cm³/mol. The molecule has 0 saturated heterocycles. The number of benzene rings is 4. The standard InChI is InChI=1S/C22H18NP/c24-21-13-7-6-12-20(21)23-22-18-11-5-4-10-17(18)14-15-19(22)16-8-2-1-3-9-16/h1-15,23H,24H2. The van der Waals surface area contributed by atoms with Crippen molar-refractivity contribution in [3.8, 4) is 11.1 Å². The van der Waals surface area contributed by atoms with Gasteiger partial charge in [-0.2, -0.15) is 0 Å². The molecule has 0 fully saturated rings. The van der Waals surface area contributed by atoms with Crippen molar-refractivity contribution in [2.24, 2.45) is 0 Å². The highest BCUT2D eigenvalue weighted by Gasteiger charge is 2.10. The lowest BCUT2D eigenvalue weighted by Gasteiger charge is -2.17. The van der Waals surface area contributed by atoms with Gasteiger partial charge in [-0.15, -0.1) is 9.24 Å². The SMILES string of the molecule is Pc1ccccc1Nc1c(-c2ccccc2)ccc2ccccc12. The molecule has 0 spiro atoms. The Morgan fingerprint density at radius 2 is 1.33 bits per heavy atom. The van der Waals surface area contributed by atoms with Crippen molar-refractivity contribution >= 4 is 36.7 Å². The third-order valence-corrected chi connectivity index (χ3v) is 4.74. The molecule has 1 atom stereocenters. The van der Waals surface area contributed by atoms with Crippen molar-refractivity contribution in [2.75, 3.05) is 5.32 Å². The summed E-state index contributed by atoms with van der Waals surface area (Å²) in [4.78, 5) is 0. The molecule has 0 aliphatic heterocycles. The molecule has 0 heterocycles. The van der Waals surface area contributed by atoms with Crippen LogP contribution in [-0.2, 0) is 0 Å². The van der Waals surface area contributed by atoms with E-state index < -0.39 is 0 Å². The Kier molecular flexibility index (Phi) is 4.02. The molecule has 0 bridgehead atoms. The first-order valence-corrected chi connectivity index (χ1v) is 8.59. The highest BCUT2D eigenvalue weighted by Crippen LogP contribution is 2.36. The molecule has 0 saturated carbocycles. The minimum atomic E-state index is 1.11. The molecule has 1 nitrogen and oxygen atoms in total. The van der Waals surface area contributed by atoms with E-state index in [9.17, 15) is 0 Å². The number of hydrogen-bond donors (Lipinski definition) is 1. The van der Waals surface area contributed by atoms with Gasteiger partial charge >= 0.3 is 0 Å². The van der Waals surface area contributed by atoms with E-state index in [-0.39, 0.29) is 0 Å². The van der Waals surface area contributed by atoms with Crippen LogP contribution in [0.1, 0.15) is 0 Å². The fraction of sp³-hybridized carbons (Fsp3) is 0. The second-order valence-electron chi connectivity index (χ2n) is 5.79. The van der Waals surface area contributed by atoms with Gasteiger partial charge in [-0.25, -0.2) is 0 Å². The Balaban J connectivity index is 1.95. The van der Waals surface area contributed by atoms with Gasteiger partial charge in [0, 0.05) is 16.6 Å². The van der Waals surface area contributed by atoms with Crippen LogP contribution in [0.15, 0.2) is 91.0 Å².